The maximum absolute atomic E-state index is 13.5. The molecule has 0 radical (unpaired) electrons. The van der Waals surface area contributed by atoms with Crippen LogP contribution in [0.3, 0.4) is 0 Å². The van der Waals surface area contributed by atoms with Crippen LogP contribution in [0.15, 0.2) is 65.7 Å². The number of nitrogens with two attached hydrogens (primary N) is 1. The standard InChI is InChI=1S/C30H32N4O5/c1-5-38-26(35)17-39-20-12-13-24(33-28(36)18-10-11-19-16-32-27(31)22(19)14-18)25(15-20)34-29(37)21-8-6-7-9-23(21)30(2,3)4/h6-15H,5,16-17H2,1-4H3,(H2,31,32)(H,33,36)(H,34,37). The van der Waals surface area contributed by atoms with Gasteiger partial charge in [0.25, 0.3) is 11.8 Å². The lowest BCUT2D eigenvalue weighted by atomic mass is 9.83. The number of anilines is 2. The van der Waals surface area contributed by atoms with Gasteiger partial charge in [-0.3, -0.25) is 14.6 Å². The van der Waals surface area contributed by atoms with Crippen LogP contribution in [0.5, 0.6) is 5.75 Å². The van der Waals surface area contributed by atoms with E-state index in [9.17, 15) is 14.4 Å². The fourth-order valence-electron chi connectivity index (χ4n) is 4.24. The monoisotopic (exact) mass is 528 g/mol. The van der Waals surface area contributed by atoms with Crippen molar-refractivity contribution in [3.63, 3.8) is 0 Å². The Labute approximate surface area is 227 Å². The molecule has 1 aliphatic heterocycles. The molecule has 4 N–H and O–H groups in total. The van der Waals surface area contributed by atoms with Crippen LogP contribution >= 0.6 is 0 Å². The van der Waals surface area contributed by atoms with Gasteiger partial charge in [-0.15, -0.1) is 0 Å². The third-order valence-electron chi connectivity index (χ3n) is 6.20. The first-order valence-corrected chi connectivity index (χ1v) is 12.6. The lowest BCUT2D eigenvalue weighted by Gasteiger charge is -2.23. The van der Waals surface area contributed by atoms with E-state index in [0.717, 1.165) is 16.7 Å². The lowest BCUT2D eigenvalue weighted by molar-refractivity contribution is -0.145. The van der Waals surface area contributed by atoms with Crippen molar-refractivity contribution in [2.24, 2.45) is 10.7 Å². The van der Waals surface area contributed by atoms with Crippen LogP contribution in [0.4, 0.5) is 11.4 Å². The number of carbonyl (C=O) groups is 3. The number of nitrogens with one attached hydrogen (secondary N) is 2. The minimum atomic E-state index is -0.515. The van der Waals surface area contributed by atoms with Gasteiger partial charge in [0, 0.05) is 22.8 Å². The number of amidine groups is 1. The topological polar surface area (TPSA) is 132 Å². The van der Waals surface area contributed by atoms with Gasteiger partial charge in [-0.25, -0.2) is 4.79 Å². The molecule has 0 unspecified atom stereocenters. The third kappa shape index (κ3) is 6.43. The Kier molecular flexibility index (Phi) is 7.99. The predicted molar refractivity (Wildman–Crippen MR) is 150 cm³/mol. The summed E-state index contributed by atoms with van der Waals surface area (Å²) in [4.78, 5) is 42.6. The van der Waals surface area contributed by atoms with Gasteiger partial charge in [0.1, 0.15) is 11.6 Å². The number of hydrogen-bond acceptors (Lipinski definition) is 7. The average Bonchev–Trinajstić information content (AvgIpc) is 3.28. The molecular formula is C30H32N4O5. The molecule has 0 saturated carbocycles. The number of amides is 2. The Balaban J connectivity index is 1.63. The Bertz CT molecular complexity index is 1460. The van der Waals surface area contributed by atoms with Crippen molar-refractivity contribution in [3.8, 4) is 5.75 Å². The zero-order valence-electron chi connectivity index (χ0n) is 22.5. The van der Waals surface area contributed by atoms with Crippen molar-refractivity contribution in [2.45, 2.75) is 39.7 Å². The summed E-state index contributed by atoms with van der Waals surface area (Å²) >= 11 is 0. The predicted octanol–water partition coefficient (Wildman–Crippen LogP) is 4.65. The van der Waals surface area contributed by atoms with Crippen molar-refractivity contribution in [2.75, 3.05) is 23.8 Å². The molecule has 2 amide bonds. The molecule has 1 aliphatic rings. The van der Waals surface area contributed by atoms with E-state index >= 15 is 0 Å². The van der Waals surface area contributed by atoms with Crippen LogP contribution in [0.25, 0.3) is 0 Å². The van der Waals surface area contributed by atoms with E-state index in [1.807, 2.05) is 39.0 Å². The molecule has 0 bridgehead atoms. The maximum atomic E-state index is 13.5. The third-order valence-corrected chi connectivity index (χ3v) is 6.20. The highest BCUT2D eigenvalue weighted by Crippen LogP contribution is 2.31. The smallest absolute Gasteiger partial charge is 0.344 e. The largest absolute Gasteiger partial charge is 0.482 e. The number of esters is 1. The number of aliphatic imine (C=N–C) groups is 1. The van der Waals surface area contributed by atoms with Gasteiger partial charge in [-0.2, -0.15) is 0 Å². The minimum Gasteiger partial charge on any atom is -0.482 e. The molecule has 1 heterocycles. The zero-order valence-corrected chi connectivity index (χ0v) is 22.5. The van der Waals surface area contributed by atoms with Crippen LogP contribution in [-0.2, 0) is 21.5 Å². The van der Waals surface area contributed by atoms with E-state index in [0.29, 0.717) is 40.6 Å². The maximum Gasteiger partial charge on any atom is 0.344 e. The molecule has 0 aromatic heterocycles. The molecule has 4 rings (SSSR count). The molecule has 202 valence electrons. The molecule has 0 aliphatic carbocycles. The molecule has 0 fully saturated rings. The molecule has 39 heavy (non-hydrogen) atoms. The Morgan fingerprint density at radius 1 is 0.949 bits per heavy atom. The number of fused-ring (bicyclic) bond motifs is 1. The van der Waals surface area contributed by atoms with Crippen molar-refractivity contribution in [1.82, 2.24) is 0 Å². The van der Waals surface area contributed by atoms with Crippen molar-refractivity contribution < 1.29 is 23.9 Å². The van der Waals surface area contributed by atoms with Gasteiger partial charge in [0.2, 0.25) is 0 Å². The van der Waals surface area contributed by atoms with Crippen molar-refractivity contribution in [3.05, 3.63) is 88.5 Å². The Morgan fingerprint density at radius 3 is 2.44 bits per heavy atom. The normalized spacial score (nSPS) is 12.3. The first-order chi connectivity index (χ1) is 18.6. The van der Waals surface area contributed by atoms with E-state index in [2.05, 4.69) is 15.6 Å². The first-order valence-electron chi connectivity index (χ1n) is 12.6. The number of hydrogen-bond donors (Lipinski definition) is 3. The molecule has 9 nitrogen and oxygen atoms in total. The summed E-state index contributed by atoms with van der Waals surface area (Å²) in [6.45, 7) is 8.23. The molecular weight excluding hydrogens is 496 g/mol. The highest BCUT2D eigenvalue weighted by Gasteiger charge is 2.23. The Morgan fingerprint density at radius 2 is 1.69 bits per heavy atom. The first kappa shape index (κ1) is 27.4. The van der Waals surface area contributed by atoms with Crippen LogP contribution in [-0.4, -0.2) is 36.8 Å². The van der Waals surface area contributed by atoms with Crippen LogP contribution in [0.2, 0.25) is 0 Å². The van der Waals surface area contributed by atoms with Gasteiger partial charge < -0.3 is 25.8 Å². The molecule has 3 aromatic carbocycles. The molecule has 0 saturated heterocycles. The average molecular weight is 529 g/mol. The number of carbonyl (C=O) groups excluding carboxylic acids is 3. The Hall–Kier alpha value is -4.66. The minimum absolute atomic E-state index is 0.238. The zero-order chi connectivity index (χ0) is 28.2. The number of ether oxygens (including phenoxy) is 2. The summed E-state index contributed by atoms with van der Waals surface area (Å²) < 4.78 is 10.5. The van der Waals surface area contributed by atoms with Crippen LogP contribution in [0.1, 0.15) is 65.1 Å². The van der Waals surface area contributed by atoms with E-state index < -0.39 is 5.97 Å². The van der Waals surface area contributed by atoms with Crippen molar-refractivity contribution in [1.29, 1.82) is 0 Å². The van der Waals surface area contributed by atoms with Crippen LogP contribution in [0, 0.1) is 0 Å². The lowest BCUT2D eigenvalue weighted by Crippen LogP contribution is -2.22. The summed E-state index contributed by atoms with van der Waals surface area (Å²) in [5.41, 5.74) is 9.81. The quantitative estimate of drug-likeness (QED) is 0.365. The number of rotatable bonds is 8. The summed E-state index contributed by atoms with van der Waals surface area (Å²) in [7, 11) is 0. The second-order valence-electron chi connectivity index (χ2n) is 10.1. The van der Waals surface area contributed by atoms with E-state index in [1.54, 1.807) is 49.4 Å². The van der Waals surface area contributed by atoms with Crippen LogP contribution < -0.4 is 21.1 Å². The highest BCUT2D eigenvalue weighted by atomic mass is 16.6. The summed E-state index contributed by atoms with van der Waals surface area (Å²) in [5, 5.41) is 5.77. The van der Waals surface area contributed by atoms with Gasteiger partial charge >= 0.3 is 5.97 Å². The second-order valence-corrected chi connectivity index (χ2v) is 10.1. The van der Waals surface area contributed by atoms with E-state index in [-0.39, 0.29) is 30.4 Å². The second kappa shape index (κ2) is 11.4. The van der Waals surface area contributed by atoms with Crippen molar-refractivity contribution >= 4 is 35.0 Å². The van der Waals surface area contributed by atoms with E-state index in [4.69, 9.17) is 15.2 Å². The SMILES string of the molecule is CCOC(=O)COc1ccc(NC(=O)c2ccc3c(c2)C(N)=NC3)c(NC(=O)c2ccccc2C(C)(C)C)c1. The molecule has 0 atom stereocenters. The van der Waals surface area contributed by atoms with Gasteiger partial charge in [-0.1, -0.05) is 45.0 Å². The molecule has 3 aromatic rings. The molecule has 9 heteroatoms. The summed E-state index contributed by atoms with van der Waals surface area (Å²) in [5.74, 6) is -0.530. The van der Waals surface area contributed by atoms with Gasteiger partial charge in [0.05, 0.1) is 24.5 Å². The number of nitrogens with zero attached hydrogens (tertiary/aromatic N) is 1. The van der Waals surface area contributed by atoms with E-state index in [1.165, 1.54) is 0 Å². The fourth-order valence-corrected chi connectivity index (χ4v) is 4.24. The molecule has 0 spiro atoms. The number of benzene rings is 3. The summed E-state index contributed by atoms with van der Waals surface area (Å²) in [6.07, 6.45) is 0. The highest BCUT2D eigenvalue weighted by molar-refractivity contribution is 6.11. The fraction of sp³-hybridized carbons (Fsp3) is 0.267. The van der Waals surface area contributed by atoms with Gasteiger partial charge in [-0.05, 0) is 53.8 Å². The van der Waals surface area contributed by atoms with Gasteiger partial charge in [0.15, 0.2) is 6.61 Å². The summed E-state index contributed by atoms with van der Waals surface area (Å²) in [6, 6.07) is 17.3.